The summed E-state index contributed by atoms with van der Waals surface area (Å²) in [5, 5.41) is 7.67. The van der Waals surface area contributed by atoms with Crippen LogP contribution in [0.25, 0.3) is 10.8 Å². The van der Waals surface area contributed by atoms with Crippen molar-refractivity contribution in [2.24, 2.45) is 0 Å². The van der Waals surface area contributed by atoms with Crippen molar-refractivity contribution in [3.8, 4) is 0 Å². The fraction of sp³-hybridized carbons (Fsp3) is 0.353. The number of urea groups is 1. The van der Waals surface area contributed by atoms with Gasteiger partial charge in [-0.2, -0.15) is 0 Å². The molecule has 1 saturated heterocycles. The van der Waals surface area contributed by atoms with Crippen LogP contribution in [0.4, 0.5) is 10.5 Å². The van der Waals surface area contributed by atoms with Gasteiger partial charge in [-0.05, 0) is 25.5 Å². The lowest BCUT2D eigenvalue weighted by molar-refractivity contribution is -0.127. The molecule has 1 aliphatic rings. The van der Waals surface area contributed by atoms with Crippen molar-refractivity contribution in [1.29, 1.82) is 0 Å². The fourth-order valence-electron chi connectivity index (χ4n) is 2.89. The van der Waals surface area contributed by atoms with Gasteiger partial charge in [0.05, 0.1) is 5.69 Å². The van der Waals surface area contributed by atoms with Crippen molar-refractivity contribution in [3.05, 3.63) is 36.7 Å². The largest absolute Gasteiger partial charge is 0.341 e. The Balaban J connectivity index is 1.61. The molecule has 1 unspecified atom stereocenters. The van der Waals surface area contributed by atoms with Gasteiger partial charge in [0.25, 0.3) is 0 Å². The molecule has 0 aliphatic carbocycles. The van der Waals surface area contributed by atoms with Crippen molar-refractivity contribution in [3.63, 3.8) is 0 Å². The number of rotatable bonds is 4. The number of hydrogen-bond acceptors (Lipinski definition) is 3. The zero-order valence-electron chi connectivity index (χ0n) is 13.1. The summed E-state index contributed by atoms with van der Waals surface area (Å²) in [6.45, 7) is 3.23. The summed E-state index contributed by atoms with van der Waals surface area (Å²) in [4.78, 5) is 29.7. The first-order valence-corrected chi connectivity index (χ1v) is 7.81. The minimum Gasteiger partial charge on any atom is -0.341 e. The maximum Gasteiger partial charge on any atom is 0.319 e. The van der Waals surface area contributed by atoms with E-state index in [9.17, 15) is 9.59 Å². The van der Waals surface area contributed by atoms with E-state index in [1.807, 2.05) is 31.2 Å². The summed E-state index contributed by atoms with van der Waals surface area (Å²) >= 11 is 0. The number of likely N-dealkylation sites (tertiary alicyclic amines) is 1. The van der Waals surface area contributed by atoms with Gasteiger partial charge in [0.2, 0.25) is 5.91 Å². The quantitative estimate of drug-likeness (QED) is 0.910. The molecule has 3 amide bonds. The Morgan fingerprint density at radius 1 is 1.39 bits per heavy atom. The number of pyridine rings is 1. The first-order valence-electron chi connectivity index (χ1n) is 7.81. The average molecular weight is 312 g/mol. The van der Waals surface area contributed by atoms with Crippen LogP contribution < -0.4 is 10.6 Å². The Hall–Kier alpha value is -2.63. The predicted octanol–water partition coefficient (Wildman–Crippen LogP) is 2.37. The highest BCUT2D eigenvalue weighted by molar-refractivity contribution is 6.01. The molecular weight excluding hydrogens is 292 g/mol. The summed E-state index contributed by atoms with van der Waals surface area (Å²) in [6, 6.07) is 7.19. The fourth-order valence-corrected chi connectivity index (χ4v) is 2.89. The van der Waals surface area contributed by atoms with E-state index in [4.69, 9.17) is 0 Å². The molecular formula is C17H20N4O2. The number of carbonyl (C=O) groups excluding carboxylic acids is 2. The van der Waals surface area contributed by atoms with Gasteiger partial charge in [-0.3, -0.25) is 9.78 Å². The number of aromatic nitrogens is 1. The van der Waals surface area contributed by atoms with E-state index < -0.39 is 0 Å². The molecule has 3 rings (SSSR count). The number of carbonyl (C=O) groups is 2. The third kappa shape index (κ3) is 3.59. The smallest absolute Gasteiger partial charge is 0.319 e. The Morgan fingerprint density at radius 3 is 3.04 bits per heavy atom. The normalized spacial score (nSPS) is 15.7. The molecule has 0 spiro atoms. The molecule has 0 bridgehead atoms. The SMILES string of the molecule is CC(CN1CCCC1=O)NC(=O)Nc1cccc2cnccc12. The minimum atomic E-state index is -0.270. The molecule has 23 heavy (non-hydrogen) atoms. The monoisotopic (exact) mass is 312 g/mol. The van der Waals surface area contributed by atoms with Crippen LogP contribution in [0.15, 0.2) is 36.7 Å². The summed E-state index contributed by atoms with van der Waals surface area (Å²) < 4.78 is 0. The minimum absolute atomic E-state index is 0.103. The molecule has 2 heterocycles. The van der Waals surface area contributed by atoms with Gasteiger partial charge in [0, 0.05) is 48.7 Å². The molecule has 120 valence electrons. The van der Waals surface area contributed by atoms with Crippen molar-refractivity contribution in [2.75, 3.05) is 18.4 Å². The highest BCUT2D eigenvalue weighted by Gasteiger charge is 2.22. The topological polar surface area (TPSA) is 74.3 Å². The lowest BCUT2D eigenvalue weighted by Gasteiger charge is -2.22. The number of benzene rings is 1. The second kappa shape index (κ2) is 6.64. The second-order valence-corrected chi connectivity index (χ2v) is 5.85. The average Bonchev–Trinajstić information content (AvgIpc) is 2.92. The first-order chi connectivity index (χ1) is 11.1. The van der Waals surface area contributed by atoms with Crippen molar-refractivity contribution in [2.45, 2.75) is 25.8 Å². The van der Waals surface area contributed by atoms with Crippen LogP contribution in [-0.4, -0.2) is 41.0 Å². The van der Waals surface area contributed by atoms with Gasteiger partial charge in [0.15, 0.2) is 0 Å². The summed E-state index contributed by atoms with van der Waals surface area (Å²) in [6.07, 6.45) is 4.98. The van der Waals surface area contributed by atoms with E-state index in [0.29, 0.717) is 13.0 Å². The number of anilines is 1. The highest BCUT2D eigenvalue weighted by Crippen LogP contribution is 2.22. The summed E-state index contributed by atoms with van der Waals surface area (Å²) in [7, 11) is 0. The van der Waals surface area contributed by atoms with Gasteiger partial charge in [-0.25, -0.2) is 4.79 Å². The Morgan fingerprint density at radius 2 is 2.26 bits per heavy atom. The molecule has 1 fully saturated rings. The number of amides is 3. The van der Waals surface area contributed by atoms with E-state index in [-0.39, 0.29) is 18.0 Å². The van der Waals surface area contributed by atoms with Crippen LogP contribution in [0.5, 0.6) is 0 Å². The van der Waals surface area contributed by atoms with Crippen molar-refractivity contribution < 1.29 is 9.59 Å². The number of nitrogens with one attached hydrogen (secondary N) is 2. The Labute approximate surface area is 134 Å². The van der Waals surface area contributed by atoms with Gasteiger partial charge in [0.1, 0.15) is 0 Å². The van der Waals surface area contributed by atoms with Crippen molar-refractivity contribution >= 4 is 28.4 Å². The Bertz CT molecular complexity index is 726. The van der Waals surface area contributed by atoms with Crippen LogP contribution in [0, 0.1) is 0 Å². The van der Waals surface area contributed by atoms with E-state index >= 15 is 0 Å². The maximum atomic E-state index is 12.2. The van der Waals surface area contributed by atoms with E-state index in [0.717, 1.165) is 29.4 Å². The summed E-state index contributed by atoms with van der Waals surface area (Å²) in [5.41, 5.74) is 0.742. The standard InChI is InChI=1S/C17H20N4O2/c1-12(11-21-9-3-6-16(21)22)19-17(23)20-15-5-2-4-13-10-18-8-7-14(13)15/h2,4-5,7-8,10,12H,3,6,9,11H2,1H3,(H2,19,20,23). The van der Waals surface area contributed by atoms with Gasteiger partial charge >= 0.3 is 6.03 Å². The predicted molar refractivity (Wildman–Crippen MR) is 89.2 cm³/mol. The lowest BCUT2D eigenvalue weighted by Crippen LogP contribution is -2.44. The highest BCUT2D eigenvalue weighted by atomic mass is 16.2. The zero-order chi connectivity index (χ0) is 16.2. The molecule has 2 aromatic rings. The number of hydrogen-bond donors (Lipinski definition) is 2. The lowest BCUT2D eigenvalue weighted by atomic mass is 10.1. The van der Waals surface area contributed by atoms with Crippen LogP contribution in [0.3, 0.4) is 0 Å². The van der Waals surface area contributed by atoms with Gasteiger partial charge in [-0.15, -0.1) is 0 Å². The molecule has 2 N–H and O–H groups in total. The number of nitrogens with zero attached hydrogens (tertiary/aromatic N) is 2. The molecule has 1 atom stereocenters. The summed E-state index contributed by atoms with van der Waals surface area (Å²) in [5.74, 6) is 0.167. The van der Waals surface area contributed by atoms with Crippen LogP contribution in [-0.2, 0) is 4.79 Å². The van der Waals surface area contributed by atoms with E-state index in [1.54, 1.807) is 17.3 Å². The van der Waals surface area contributed by atoms with Crippen LogP contribution in [0.1, 0.15) is 19.8 Å². The molecule has 0 radical (unpaired) electrons. The molecule has 1 aromatic carbocycles. The van der Waals surface area contributed by atoms with Gasteiger partial charge < -0.3 is 15.5 Å². The molecule has 0 saturated carbocycles. The Kier molecular flexibility index (Phi) is 4.41. The third-order valence-electron chi connectivity index (χ3n) is 3.97. The van der Waals surface area contributed by atoms with Crippen LogP contribution >= 0.6 is 0 Å². The van der Waals surface area contributed by atoms with E-state index in [1.165, 1.54) is 0 Å². The van der Waals surface area contributed by atoms with Crippen molar-refractivity contribution in [1.82, 2.24) is 15.2 Å². The molecule has 1 aliphatic heterocycles. The third-order valence-corrected chi connectivity index (χ3v) is 3.97. The number of fused-ring (bicyclic) bond motifs is 1. The van der Waals surface area contributed by atoms with E-state index in [2.05, 4.69) is 15.6 Å². The first kappa shape index (κ1) is 15.3. The molecule has 6 heteroatoms. The molecule has 1 aromatic heterocycles. The van der Waals surface area contributed by atoms with Gasteiger partial charge in [-0.1, -0.05) is 12.1 Å². The van der Waals surface area contributed by atoms with Crippen LogP contribution in [0.2, 0.25) is 0 Å². The second-order valence-electron chi connectivity index (χ2n) is 5.85. The molecule has 6 nitrogen and oxygen atoms in total. The maximum absolute atomic E-state index is 12.2. The zero-order valence-corrected chi connectivity index (χ0v) is 13.1.